The third-order valence-electron chi connectivity index (χ3n) is 2.56. The maximum absolute atomic E-state index is 11.1. The van der Waals surface area contributed by atoms with Gasteiger partial charge in [-0.05, 0) is 6.08 Å². The molecule has 0 bridgehead atoms. The number of carbonyl (C=O) groups is 3. The van der Waals surface area contributed by atoms with Gasteiger partial charge < -0.3 is 31.7 Å². The molecule has 1 aliphatic heterocycles. The van der Waals surface area contributed by atoms with Crippen LogP contribution in [0, 0.1) is 0 Å². The molecular formula is C10H15N3O6. The summed E-state index contributed by atoms with van der Waals surface area (Å²) in [5, 5.41) is 20.8. The zero-order valence-electron chi connectivity index (χ0n) is 10.1. The summed E-state index contributed by atoms with van der Waals surface area (Å²) in [5.41, 5.74) is 10.6. The van der Waals surface area contributed by atoms with Gasteiger partial charge in [-0.15, -0.1) is 0 Å². The summed E-state index contributed by atoms with van der Waals surface area (Å²) in [5.74, 6) is -3.50. The number of carboxylic acids is 1. The van der Waals surface area contributed by atoms with E-state index in [9.17, 15) is 19.5 Å². The Morgan fingerprint density at radius 1 is 1.47 bits per heavy atom. The highest BCUT2D eigenvalue weighted by molar-refractivity contribution is 5.85. The Labute approximate surface area is 108 Å². The average molecular weight is 273 g/mol. The third kappa shape index (κ3) is 3.42. The molecule has 7 N–H and O–H groups in total. The van der Waals surface area contributed by atoms with Gasteiger partial charge in [0.05, 0.1) is 12.1 Å². The van der Waals surface area contributed by atoms with E-state index in [0.717, 1.165) is 6.08 Å². The molecule has 0 spiro atoms. The number of nitrogens with one attached hydrogen (secondary N) is 1. The summed E-state index contributed by atoms with van der Waals surface area (Å²) in [6.07, 6.45) is -2.09. The number of aliphatic hydroxyl groups excluding tert-OH is 1. The number of rotatable bonds is 4. The zero-order chi connectivity index (χ0) is 14.7. The lowest BCUT2D eigenvalue weighted by molar-refractivity contribution is -0.146. The summed E-state index contributed by atoms with van der Waals surface area (Å²) < 4.78 is 4.97. The van der Waals surface area contributed by atoms with E-state index in [4.69, 9.17) is 21.3 Å². The molecule has 0 fully saturated rings. The van der Waals surface area contributed by atoms with Gasteiger partial charge in [-0.25, -0.2) is 4.79 Å². The summed E-state index contributed by atoms with van der Waals surface area (Å²) in [6, 6.07) is -1.91. The van der Waals surface area contributed by atoms with Gasteiger partial charge in [0.15, 0.2) is 12.2 Å². The quantitative estimate of drug-likeness (QED) is 0.364. The highest BCUT2D eigenvalue weighted by Crippen LogP contribution is 2.20. The molecule has 1 heterocycles. The number of ether oxygens (including phenoxy) is 1. The van der Waals surface area contributed by atoms with Crippen LogP contribution in [0.1, 0.15) is 6.92 Å². The van der Waals surface area contributed by atoms with E-state index in [1.165, 1.54) is 6.92 Å². The number of carbonyl (C=O) groups excluding carboxylic acids is 2. The average Bonchev–Trinajstić information content (AvgIpc) is 2.29. The number of hydrogen-bond donors (Lipinski definition) is 5. The van der Waals surface area contributed by atoms with Crippen molar-refractivity contribution in [3.63, 3.8) is 0 Å². The third-order valence-corrected chi connectivity index (χ3v) is 2.56. The predicted octanol–water partition coefficient (Wildman–Crippen LogP) is -2.97. The molecule has 0 aromatic carbocycles. The molecule has 9 nitrogen and oxygen atoms in total. The van der Waals surface area contributed by atoms with Gasteiger partial charge in [-0.2, -0.15) is 0 Å². The van der Waals surface area contributed by atoms with Crippen molar-refractivity contribution in [2.24, 2.45) is 11.5 Å². The number of aliphatic carboxylic acids is 1. The van der Waals surface area contributed by atoms with Crippen LogP contribution in [0.2, 0.25) is 0 Å². The molecule has 0 saturated carbocycles. The first-order valence-corrected chi connectivity index (χ1v) is 5.36. The predicted molar refractivity (Wildman–Crippen MR) is 61.4 cm³/mol. The van der Waals surface area contributed by atoms with Gasteiger partial charge in [0.1, 0.15) is 0 Å². The van der Waals surface area contributed by atoms with Crippen molar-refractivity contribution in [2.45, 2.75) is 31.2 Å². The largest absolute Gasteiger partial charge is 0.478 e. The molecule has 9 heteroatoms. The Morgan fingerprint density at radius 2 is 2.05 bits per heavy atom. The van der Waals surface area contributed by atoms with E-state index < -0.39 is 47.8 Å². The van der Waals surface area contributed by atoms with E-state index in [2.05, 4.69) is 5.32 Å². The number of primary amides is 1. The van der Waals surface area contributed by atoms with E-state index in [-0.39, 0.29) is 0 Å². The minimum Gasteiger partial charge on any atom is -0.478 e. The molecule has 1 aliphatic rings. The Kier molecular flexibility index (Phi) is 4.46. The number of carboxylic acid groups (broad SMARTS) is 1. The molecular weight excluding hydrogens is 258 g/mol. The van der Waals surface area contributed by atoms with Crippen LogP contribution in [0.15, 0.2) is 11.8 Å². The summed E-state index contributed by atoms with van der Waals surface area (Å²) in [7, 11) is 0. The van der Waals surface area contributed by atoms with E-state index >= 15 is 0 Å². The van der Waals surface area contributed by atoms with Crippen molar-refractivity contribution in [1.29, 1.82) is 0 Å². The highest BCUT2D eigenvalue weighted by atomic mass is 16.5. The zero-order valence-corrected chi connectivity index (χ0v) is 10.1. The first kappa shape index (κ1) is 14.9. The molecule has 19 heavy (non-hydrogen) atoms. The van der Waals surface area contributed by atoms with Crippen molar-refractivity contribution in [2.75, 3.05) is 0 Å². The molecule has 106 valence electrons. The summed E-state index contributed by atoms with van der Waals surface area (Å²) >= 11 is 0. The normalized spacial score (nSPS) is 27.7. The summed E-state index contributed by atoms with van der Waals surface area (Å²) in [6.45, 7) is 1.21. The maximum Gasteiger partial charge on any atom is 0.370 e. The molecule has 0 aliphatic carbocycles. The molecule has 0 radical (unpaired) electrons. The fraction of sp³-hybridized carbons (Fsp3) is 0.500. The highest BCUT2D eigenvalue weighted by Gasteiger charge is 2.41. The van der Waals surface area contributed by atoms with Crippen LogP contribution < -0.4 is 16.8 Å². The Hall–Kier alpha value is -2.13. The lowest BCUT2D eigenvalue weighted by atomic mass is 9.94. The number of hydrogen-bond acceptors (Lipinski definition) is 6. The van der Waals surface area contributed by atoms with Gasteiger partial charge in [0.25, 0.3) is 0 Å². The molecule has 0 aromatic rings. The Bertz CT molecular complexity index is 435. The second-order valence-corrected chi connectivity index (χ2v) is 4.07. The minimum absolute atomic E-state index is 0.474. The van der Waals surface area contributed by atoms with Crippen molar-refractivity contribution in [3.05, 3.63) is 11.8 Å². The topological polar surface area (TPSA) is 165 Å². The van der Waals surface area contributed by atoms with Crippen molar-refractivity contribution in [3.8, 4) is 0 Å². The van der Waals surface area contributed by atoms with Crippen LogP contribution in [0.5, 0.6) is 0 Å². The lowest BCUT2D eigenvalue weighted by Gasteiger charge is -2.36. The molecule has 2 amide bonds. The fourth-order valence-electron chi connectivity index (χ4n) is 1.71. The standard InChI is InChI=1S/C10H15N3O6/c1-3(14)13-6-4(11)2-5(10(17)18)19-8(6)7(15)9(12)16/h2,4,6-8,15H,11H2,1H3,(H2,12,16)(H,13,14)(H,17,18)/t4-,6+,7-,8+/m0/s1. The molecule has 1 rings (SSSR count). The smallest absolute Gasteiger partial charge is 0.370 e. The molecule has 0 unspecified atom stereocenters. The number of aliphatic hydroxyl groups is 1. The van der Waals surface area contributed by atoms with Gasteiger partial charge >= 0.3 is 5.97 Å². The van der Waals surface area contributed by atoms with Crippen molar-refractivity contribution >= 4 is 17.8 Å². The van der Waals surface area contributed by atoms with Gasteiger partial charge in [0, 0.05) is 6.92 Å². The van der Waals surface area contributed by atoms with E-state index in [1.807, 2.05) is 0 Å². The van der Waals surface area contributed by atoms with Crippen LogP contribution in [-0.2, 0) is 19.1 Å². The van der Waals surface area contributed by atoms with Crippen molar-refractivity contribution < 1.29 is 29.3 Å². The fourth-order valence-corrected chi connectivity index (χ4v) is 1.71. The second kappa shape index (κ2) is 5.67. The number of amides is 2. The van der Waals surface area contributed by atoms with Crippen molar-refractivity contribution in [1.82, 2.24) is 5.32 Å². The summed E-state index contributed by atoms with van der Waals surface area (Å²) in [4.78, 5) is 32.9. The molecule has 0 aromatic heterocycles. The maximum atomic E-state index is 11.1. The van der Waals surface area contributed by atoms with Crippen LogP contribution in [-0.4, -0.2) is 52.3 Å². The van der Waals surface area contributed by atoms with Crippen LogP contribution >= 0.6 is 0 Å². The van der Waals surface area contributed by atoms with Crippen LogP contribution in [0.3, 0.4) is 0 Å². The minimum atomic E-state index is -1.80. The SMILES string of the molecule is CC(=O)N[C@H]1[C@H]([C@H](O)C(N)=O)OC(C(=O)O)=C[C@@H]1N. The lowest BCUT2D eigenvalue weighted by Crippen LogP contribution is -2.61. The first-order chi connectivity index (χ1) is 8.73. The van der Waals surface area contributed by atoms with Gasteiger partial charge in [0.2, 0.25) is 17.6 Å². The van der Waals surface area contributed by atoms with Gasteiger partial charge in [-0.3, -0.25) is 9.59 Å². The Morgan fingerprint density at radius 3 is 2.47 bits per heavy atom. The Balaban J connectivity index is 3.07. The first-order valence-electron chi connectivity index (χ1n) is 5.36. The number of nitrogens with two attached hydrogens (primary N) is 2. The molecule has 0 saturated heterocycles. The van der Waals surface area contributed by atoms with Gasteiger partial charge in [-0.1, -0.05) is 0 Å². The second-order valence-electron chi connectivity index (χ2n) is 4.07. The van der Waals surface area contributed by atoms with E-state index in [1.54, 1.807) is 0 Å². The molecule has 4 atom stereocenters. The van der Waals surface area contributed by atoms with Crippen LogP contribution in [0.25, 0.3) is 0 Å². The van der Waals surface area contributed by atoms with E-state index in [0.29, 0.717) is 0 Å². The monoisotopic (exact) mass is 273 g/mol. The van der Waals surface area contributed by atoms with Crippen LogP contribution in [0.4, 0.5) is 0 Å².